The zero-order chi connectivity index (χ0) is 13.7. The first-order valence-corrected chi connectivity index (χ1v) is 6.87. The van der Waals surface area contributed by atoms with Crippen molar-refractivity contribution in [1.82, 2.24) is 9.55 Å². The van der Waals surface area contributed by atoms with E-state index in [1.165, 1.54) is 22.3 Å². The molecule has 0 unspecified atom stereocenters. The summed E-state index contributed by atoms with van der Waals surface area (Å²) in [6.07, 6.45) is 7.36. The second-order valence-corrected chi connectivity index (χ2v) is 5.34. The average molecular weight is 262 g/mol. The van der Waals surface area contributed by atoms with Gasteiger partial charge in [0.25, 0.3) is 0 Å². The van der Waals surface area contributed by atoms with Crippen molar-refractivity contribution in [3.05, 3.63) is 54.0 Å². The first kappa shape index (κ1) is 11.4. The van der Waals surface area contributed by atoms with Gasteiger partial charge < -0.3 is 0 Å². The molecule has 0 saturated carbocycles. The van der Waals surface area contributed by atoms with Gasteiger partial charge in [0, 0.05) is 24.3 Å². The molecule has 3 heterocycles. The SMILES string of the molecule is Cc1ccccc1-c1cc2nc3n(c2c[n+]1C)C=CC3. The Bertz CT molecular complexity index is 856. The summed E-state index contributed by atoms with van der Waals surface area (Å²) in [6, 6.07) is 10.7. The Kier molecular flexibility index (Phi) is 2.30. The van der Waals surface area contributed by atoms with Gasteiger partial charge >= 0.3 is 0 Å². The highest BCUT2D eigenvalue weighted by Crippen LogP contribution is 2.25. The Morgan fingerprint density at radius 1 is 1.25 bits per heavy atom. The number of imidazole rings is 1. The van der Waals surface area contributed by atoms with Crippen molar-refractivity contribution in [2.45, 2.75) is 13.3 Å². The van der Waals surface area contributed by atoms with Crippen LogP contribution < -0.4 is 4.57 Å². The molecule has 0 bridgehead atoms. The molecule has 1 aliphatic heterocycles. The second-order valence-electron chi connectivity index (χ2n) is 5.34. The van der Waals surface area contributed by atoms with Gasteiger partial charge in [-0.2, -0.15) is 4.57 Å². The average Bonchev–Trinajstić information content (AvgIpc) is 3.00. The van der Waals surface area contributed by atoms with Crippen LogP contribution in [0.3, 0.4) is 0 Å². The van der Waals surface area contributed by atoms with E-state index in [9.17, 15) is 0 Å². The number of fused-ring (bicyclic) bond motifs is 3. The number of hydrogen-bond acceptors (Lipinski definition) is 1. The molecule has 1 aliphatic rings. The van der Waals surface area contributed by atoms with Crippen LogP contribution in [-0.4, -0.2) is 9.55 Å². The van der Waals surface area contributed by atoms with Crippen molar-refractivity contribution < 1.29 is 4.57 Å². The zero-order valence-corrected chi connectivity index (χ0v) is 11.7. The Morgan fingerprint density at radius 3 is 2.95 bits per heavy atom. The molecule has 4 rings (SSSR count). The number of benzene rings is 1. The molecule has 0 atom stereocenters. The van der Waals surface area contributed by atoms with Gasteiger partial charge in [-0.3, -0.25) is 4.57 Å². The Hall–Kier alpha value is -2.42. The van der Waals surface area contributed by atoms with Gasteiger partial charge in [0.2, 0.25) is 5.69 Å². The summed E-state index contributed by atoms with van der Waals surface area (Å²) < 4.78 is 4.36. The van der Waals surface area contributed by atoms with Gasteiger partial charge in [0.05, 0.1) is 0 Å². The lowest BCUT2D eigenvalue weighted by Gasteiger charge is -2.04. The van der Waals surface area contributed by atoms with Crippen molar-refractivity contribution in [1.29, 1.82) is 0 Å². The van der Waals surface area contributed by atoms with Crippen LogP contribution in [0.5, 0.6) is 0 Å². The fourth-order valence-corrected chi connectivity index (χ4v) is 2.93. The third-order valence-corrected chi connectivity index (χ3v) is 3.99. The lowest BCUT2D eigenvalue weighted by atomic mass is 10.0. The minimum absolute atomic E-state index is 0.929. The van der Waals surface area contributed by atoms with E-state index >= 15 is 0 Å². The third kappa shape index (κ3) is 1.53. The van der Waals surface area contributed by atoms with E-state index in [4.69, 9.17) is 4.98 Å². The quantitative estimate of drug-likeness (QED) is 0.618. The van der Waals surface area contributed by atoms with Gasteiger partial charge in [-0.15, -0.1) is 0 Å². The Labute approximate surface area is 117 Å². The second kappa shape index (κ2) is 4.04. The minimum Gasteiger partial charge on any atom is -0.298 e. The number of aromatic nitrogens is 3. The third-order valence-electron chi connectivity index (χ3n) is 3.99. The monoisotopic (exact) mass is 262 g/mol. The molecule has 3 heteroatoms. The minimum atomic E-state index is 0.929. The van der Waals surface area contributed by atoms with Crippen LogP contribution in [0.25, 0.3) is 28.5 Å². The fraction of sp³-hybridized carbons (Fsp3) is 0.176. The molecule has 98 valence electrons. The topological polar surface area (TPSA) is 21.7 Å². The molecule has 0 radical (unpaired) electrons. The van der Waals surface area contributed by atoms with Gasteiger partial charge in [0.1, 0.15) is 23.9 Å². The molecule has 0 saturated heterocycles. The number of aryl methyl sites for hydroxylation is 2. The maximum atomic E-state index is 4.74. The van der Waals surface area contributed by atoms with E-state index in [2.05, 4.69) is 71.9 Å². The first-order chi connectivity index (χ1) is 9.74. The van der Waals surface area contributed by atoms with Gasteiger partial charge in [-0.05, 0) is 18.6 Å². The summed E-state index contributed by atoms with van der Waals surface area (Å²) in [5.41, 5.74) is 6.00. The molecule has 2 aromatic heterocycles. The molecule has 0 N–H and O–H groups in total. The molecule has 20 heavy (non-hydrogen) atoms. The van der Waals surface area contributed by atoms with Crippen LogP contribution in [-0.2, 0) is 13.5 Å². The molecule has 3 aromatic rings. The summed E-state index contributed by atoms with van der Waals surface area (Å²) in [7, 11) is 2.10. The van der Waals surface area contributed by atoms with Gasteiger partial charge in [-0.25, -0.2) is 4.98 Å². The normalized spacial score (nSPS) is 13.1. The number of rotatable bonds is 1. The maximum Gasteiger partial charge on any atom is 0.214 e. The summed E-state index contributed by atoms with van der Waals surface area (Å²) in [5, 5.41) is 0. The zero-order valence-electron chi connectivity index (χ0n) is 11.7. The first-order valence-electron chi connectivity index (χ1n) is 6.87. The van der Waals surface area contributed by atoms with E-state index in [0.29, 0.717) is 0 Å². The molecular formula is C17H16N3+. The van der Waals surface area contributed by atoms with Crippen LogP contribution in [0.15, 0.2) is 42.6 Å². The van der Waals surface area contributed by atoms with Crippen molar-refractivity contribution in [3.8, 4) is 11.3 Å². The molecule has 0 spiro atoms. The van der Waals surface area contributed by atoms with E-state index in [0.717, 1.165) is 17.8 Å². The molecular weight excluding hydrogens is 246 g/mol. The lowest BCUT2D eigenvalue weighted by Crippen LogP contribution is -2.30. The standard InChI is InChI=1S/C17H16N3/c1-12-6-3-4-7-13(12)15-10-14-16(11-19(15)2)20-9-5-8-17(20)18-14/h3-7,9-11H,8H2,1-2H3/q+1. The number of hydrogen-bond donors (Lipinski definition) is 0. The summed E-state index contributed by atoms with van der Waals surface area (Å²) in [5.74, 6) is 1.13. The van der Waals surface area contributed by atoms with Crippen molar-refractivity contribution in [2.75, 3.05) is 0 Å². The molecule has 0 aliphatic carbocycles. The van der Waals surface area contributed by atoms with Crippen LogP contribution in [0.1, 0.15) is 11.4 Å². The number of allylic oxidation sites excluding steroid dienone is 1. The van der Waals surface area contributed by atoms with Gasteiger partial charge in [-0.1, -0.05) is 24.3 Å². The number of nitrogens with zero attached hydrogens (tertiary/aromatic N) is 3. The lowest BCUT2D eigenvalue weighted by molar-refractivity contribution is -0.659. The highest BCUT2D eigenvalue weighted by molar-refractivity contribution is 5.81. The Morgan fingerprint density at radius 2 is 2.10 bits per heavy atom. The maximum absolute atomic E-state index is 4.74. The predicted molar refractivity (Wildman–Crippen MR) is 80.1 cm³/mol. The number of pyridine rings is 1. The van der Waals surface area contributed by atoms with Crippen molar-refractivity contribution >= 4 is 17.2 Å². The summed E-state index contributed by atoms with van der Waals surface area (Å²) in [6.45, 7) is 2.15. The highest BCUT2D eigenvalue weighted by atomic mass is 15.1. The molecule has 0 fully saturated rings. The molecule has 3 nitrogen and oxygen atoms in total. The van der Waals surface area contributed by atoms with Gasteiger partial charge in [0.15, 0.2) is 6.20 Å². The van der Waals surface area contributed by atoms with Crippen molar-refractivity contribution in [2.24, 2.45) is 7.05 Å². The van der Waals surface area contributed by atoms with E-state index in [1.807, 2.05) is 0 Å². The Balaban J connectivity index is 2.00. The van der Waals surface area contributed by atoms with E-state index in [-0.39, 0.29) is 0 Å². The highest BCUT2D eigenvalue weighted by Gasteiger charge is 2.19. The smallest absolute Gasteiger partial charge is 0.214 e. The van der Waals surface area contributed by atoms with Crippen LogP contribution in [0.4, 0.5) is 0 Å². The van der Waals surface area contributed by atoms with Crippen molar-refractivity contribution in [3.63, 3.8) is 0 Å². The predicted octanol–water partition coefficient (Wildman–Crippen LogP) is 2.86. The van der Waals surface area contributed by atoms with Crippen LogP contribution >= 0.6 is 0 Å². The summed E-state index contributed by atoms with van der Waals surface area (Å²) >= 11 is 0. The largest absolute Gasteiger partial charge is 0.298 e. The van der Waals surface area contributed by atoms with E-state index in [1.54, 1.807) is 0 Å². The summed E-state index contributed by atoms with van der Waals surface area (Å²) in [4.78, 5) is 4.74. The molecule has 1 aromatic carbocycles. The van der Waals surface area contributed by atoms with Crippen LogP contribution in [0, 0.1) is 6.92 Å². The van der Waals surface area contributed by atoms with E-state index < -0.39 is 0 Å². The van der Waals surface area contributed by atoms with Crippen LogP contribution in [0.2, 0.25) is 0 Å². The fourth-order valence-electron chi connectivity index (χ4n) is 2.93. The molecule has 0 amide bonds.